The number of methoxy groups -OCH3 is 1. The Bertz CT molecular complexity index is 324. The SMILES string of the molecule is COC(=O)C[C@H](C)N[C@H](C)c1ccccc1. The van der Waals surface area contributed by atoms with Crippen molar-refractivity contribution >= 4 is 5.97 Å². The zero-order valence-corrected chi connectivity index (χ0v) is 10.1. The van der Waals surface area contributed by atoms with E-state index in [2.05, 4.69) is 29.1 Å². The van der Waals surface area contributed by atoms with Gasteiger partial charge in [-0.05, 0) is 19.4 Å². The van der Waals surface area contributed by atoms with Crippen molar-refractivity contribution < 1.29 is 9.53 Å². The van der Waals surface area contributed by atoms with Crippen molar-refractivity contribution in [2.45, 2.75) is 32.4 Å². The van der Waals surface area contributed by atoms with Crippen LogP contribution >= 0.6 is 0 Å². The van der Waals surface area contributed by atoms with Gasteiger partial charge in [-0.1, -0.05) is 30.3 Å². The number of hydrogen-bond donors (Lipinski definition) is 1. The largest absolute Gasteiger partial charge is 0.469 e. The van der Waals surface area contributed by atoms with Gasteiger partial charge in [-0.3, -0.25) is 4.79 Å². The van der Waals surface area contributed by atoms with Crippen molar-refractivity contribution in [1.29, 1.82) is 0 Å². The van der Waals surface area contributed by atoms with E-state index in [0.29, 0.717) is 6.42 Å². The summed E-state index contributed by atoms with van der Waals surface area (Å²) in [5, 5.41) is 3.36. The molecule has 0 bridgehead atoms. The summed E-state index contributed by atoms with van der Waals surface area (Å²) < 4.78 is 4.63. The highest BCUT2D eigenvalue weighted by Crippen LogP contribution is 2.12. The maximum atomic E-state index is 11.1. The zero-order chi connectivity index (χ0) is 12.0. The molecule has 0 spiro atoms. The first-order valence-corrected chi connectivity index (χ1v) is 5.51. The molecule has 0 aliphatic heterocycles. The maximum Gasteiger partial charge on any atom is 0.307 e. The molecule has 1 aromatic carbocycles. The van der Waals surface area contributed by atoms with Gasteiger partial charge in [0.1, 0.15) is 0 Å². The van der Waals surface area contributed by atoms with Crippen LogP contribution in [0.2, 0.25) is 0 Å². The predicted molar refractivity (Wildman–Crippen MR) is 64.1 cm³/mol. The molecule has 2 atom stereocenters. The second kappa shape index (κ2) is 6.28. The van der Waals surface area contributed by atoms with Crippen LogP contribution in [-0.2, 0) is 9.53 Å². The lowest BCUT2D eigenvalue weighted by Crippen LogP contribution is -2.31. The molecular formula is C13H19NO2. The molecule has 3 heteroatoms. The molecule has 1 rings (SSSR count). The lowest BCUT2D eigenvalue weighted by atomic mass is 10.1. The molecule has 0 unspecified atom stereocenters. The van der Waals surface area contributed by atoms with E-state index in [1.165, 1.54) is 12.7 Å². The van der Waals surface area contributed by atoms with Crippen LogP contribution in [-0.4, -0.2) is 19.1 Å². The molecule has 0 amide bonds. The average Bonchev–Trinajstić information content (AvgIpc) is 2.29. The third-order valence-corrected chi connectivity index (χ3v) is 2.53. The molecule has 16 heavy (non-hydrogen) atoms. The smallest absolute Gasteiger partial charge is 0.307 e. The van der Waals surface area contributed by atoms with Gasteiger partial charge in [-0.2, -0.15) is 0 Å². The topological polar surface area (TPSA) is 38.3 Å². The van der Waals surface area contributed by atoms with Crippen molar-refractivity contribution in [3.63, 3.8) is 0 Å². The highest BCUT2D eigenvalue weighted by atomic mass is 16.5. The molecule has 0 saturated heterocycles. The minimum absolute atomic E-state index is 0.114. The Kier molecular flexibility index (Phi) is 4.99. The molecule has 0 radical (unpaired) electrons. The zero-order valence-electron chi connectivity index (χ0n) is 10.1. The van der Waals surface area contributed by atoms with E-state index in [1.54, 1.807) is 0 Å². The third-order valence-electron chi connectivity index (χ3n) is 2.53. The maximum absolute atomic E-state index is 11.1. The van der Waals surface area contributed by atoms with Gasteiger partial charge in [0, 0.05) is 12.1 Å². The van der Waals surface area contributed by atoms with Gasteiger partial charge in [0.15, 0.2) is 0 Å². The van der Waals surface area contributed by atoms with Crippen molar-refractivity contribution in [2.75, 3.05) is 7.11 Å². The van der Waals surface area contributed by atoms with Gasteiger partial charge in [0.05, 0.1) is 13.5 Å². The lowest BCUT2D eigenvalue weighted by Gasteiger charge is -2.19. The normalized spacial score (nSPS) is 14.2. The fourth-order valence-corrected chi connectivity index (χ4v) is 1.66. The first-order valence-electron chi connectivity index (χ1n) is 5.51. The Labute approximate surface area is 96.8 Å². The fourth-order valence-electron chi connectivity index (χ4n) is 1.66. The molecule has 1 N–H and O–H groups in total. The fraction of sp³-hybridized carbons (Fsp3) is 0.462. The number of rotatable bonds is 5. The first-order chi connectivity index (χ1) is 7.63. The van der Waals surface area contributed by atoms with E-state index in [4.69, 9.17) is 0 Å². The standard InChI is InChI=1S/C13H19NO2/c1-10(9-13(15)16-3)14-11(2)12-7-5-4-6-8-12/h4-8,10-11,14H,9H2,1-3H3/t10-,11+/m0/s1. The van der Waals surface area contributed by atoms with Gasteiger partial charge in [-0.25, -0.2) is 0 Å². The molecular weight excluding hydrogens is 202 g/mol. The molecule has 0 heterocycles. The van der Waals surface area contributed by atoms with E-state index in [9.17, 15) is 4.79 Å². The summed E-state index contributed by atoms with van der Waals surface area (Å²) in [6.07, 6.45) is 0.397. The number of carbonyl (C=O) groups excluding carboxylic acids is 1. The summed E-state index contributed by atoms with van der Waals surface area (Å²) in [5.41, 5.74) is 1.22. The highest BCUT2D eigenvalue weighted by Gasteiger charge is 2.12. The summed E-state index contributed by atoms with van der Waals surface area (Å²) in [7, 11) is 1.41. The number of carbonyl (C=O) groups is 1. The number of nitrogens with one attached hydrogen (secondary N) is 1. The van der Waals surface area contributed by atoms with Crippen molar-refractivity contribution in [3.05, 3.63) is 35.9 Å². The van der Waals surface area contributed by atoms with Crippen LogP contribution in [0.3, 0.4) is 0 Å². The highest BCUT2D eigenvalue weighted by molar-refractivity contribution is 5.69. The van der Waals surface area contributed by atoms with Gasteiger partial charge in [-0.15, -0.1) is 0 Å². The first kappa shape index (κ1) is 12.7. The van der Waals surface area contributed by atoms with E-state index in [1.807, 2.05) is 25.1 Å². The second-order valence-electron chi connectivity index (χ2n) is 3.98. The van der Waals surface area contributed by atoms with Crippen LogP contribution in [0, 0.1) is 0 Å². The summed E-state index contributed by atoms with van der Waals surface area (Å²) >= 11 is 0. The molecule has 3 nitrogen and oxygen atoms in total. The minimum atomic E-state index is -0.180. The summed E-state index contributed by atoms with van der Waals surface area (Å²) in [4.78, 5) is 11.1. The van der Waals surface area contributed by atoms with Crippen LogP contribution in [0.25, 0.3) is 0 Å². The lowest BCUT2D eigenvalue weighted by molar-refractivity contribution is -0.141. The number of benzene rings is 1. The Morgan fingerprint density at radius 3 is 2.50 bits per heavy atom. The van der Waals surface area contributed by atoms with Gasteiger partial charge in [0.2, 0.25) is 0 Å². The Balaban J connectivity index is 2.45. The number of esters is 1. The van der Waals surface area contributed by atoms with Crippen LogP contribution in [0.1, 0.15) is 31.9 Å². The van der Waals surface area contributed by atoms with Crippen LogP contribution in [0.4, 0.5) is 0 Å². The van der Waals surface area contributed by atoms with E-state index >= 15 is 0 Å². The summed E-state index contributed by atoms with van der Waals surface area (Å²) in [6.45, 7) is 4.07. The molecule has 0 aliphatic carbocycles. The van der Waals surface area contributed by atoms with Crippen LogP contribution in [0.5, 0.6) is 0 Å². The van der Waals surface area contributed by atoms with Gasteiger partial charge < -0.3 is 10.1 Å². The third kappa shape index (κ3) is 4.03. The predicted octanol–water partition coefficient (Wildman–Crippen LogP) is 2.29. The van der Waals surface area contributed by atoms with Crippen molar-refractivity contribution in [1.82, 2.24) is 5.32 Å². The second-order valence-corrected chi connectivity index (χ2v) is 3.98. The minimum Gasteiger partial charge on any atom is -0.469 e. The van der Waals surface area contributed by atoms with Crippen molar-refractivity contribution in [2.24, 2.45) is 0 Å². The Morgan fingerprint density at radius 1 is 1.31 bits per heavy atom. The number of hydrogen-bond acceptors (Lipinski definition) is 3. The number of ether oxygens (including phenoxy) is 1. The van der Waals surface area contributed by atoms with E-state index < -0.39 is 0 Å². The van der Waals surface area contributed by atoms with Crippen LogP contribution in [0.15, 0.2) is 30.3 Å². The van der Waals surface area contributed by atoms with Gasteiger partial charge in [0.25, 0.3) is 0 Å². The van der Waals surface area contributed by atoms with E-state index in [-0.39, 0.29) is 18.1 Å². The monoisotopic (exact) mass is 221 g/mol. The van der Waals surface area contributed by atoms with E-state index in [0.717, 1.165) is 0 Å². The average molecular weight is 221 g/mol. The molecule has 0 saturated carbocycles. The summed E-state index contributed by atoms with van der Waals surface area (Å²) in [5.74, 6) is -0.180. The molecule has 0 aliphatic rings. The van der Waals surface area contributed by atoms with Crippen LogP contribution < -0.4 is 5.32 Å². The van der Waals surface area contributed by atoms with Gasteiger partial charge >= 0.3 is 5.97 Å². The quantitative estimate of drug-likeness (QED) is 0.775. The molecule has 88 valence electrons. The summed E-state index contributed by atoms with van der Waals surface area (Å²) in [6, 6.07) is 10.5. The molecule has 0 aromatic heterocycles. The Morgan fingerprint density at radius 2 is 1.94 bits per heavy atom. The molecule has 0 fully saturated rings. The molecule has 1 aromatic rings. The van der Waals surface area contributed by atoms with Crippen molar-refractivity contribution in [3.8, 4) is 0 Å². The Hall–Kier alpha value is -1.35.